The van der Waals surface area contributed by atoms with Gasteiger partial charge in [0, 0.05) is 16.9 Å². The molecule has 0 saturated heterocycles. The minimum Gasteiger partial charge on any atom is -0.461 e. The van der Waals surface area contributed by atoms with E-state index < -0.39 is 13.5 Å². The van der Waals surface area contributed by atoms with Crippen molar-refractivity contribution in [2.24, 2.45) is 5.10 Å². The molecular weight excluding hydrogens is 433 g/mol. The first kappa shape index (κ1) is 22.1. The second kappa shape index (κ2) is 10.9. The van der Waals surface area contributed by atoms with Gasteiger partial charge in [-0.15, -0.1) is 11.6 Å². The summed E-state index contributed by atoms with van der Waals surface area (Å²) in [6.45, 7) is 3.87. The zero-order valence-corrected chi connectivity index (χ0v) is 17.6. The highest BCUT2D eigenvalue weighted by Crippen LogP contribution is 2.51. The highest BCUT2D eigenvalue weighted by Gasteiger charge is 2.41. The summed E-state index contributed by atoms with van der Waals surface area (Å²) in [7, 11) is -2.15. The molecule has 25 heavy (non-hydrogen) atoms. The van der Waals surface area contributed by atoms with E-state index in [2.05, 4.69) is 26.5 Å². The van der Waals surface area contributed by atoms with Crippen molar-refractivity contribution in [1.29, 1.82) is 0 Å². The van der Waals surface area contributed by atoms with E-state index in [9.17, 15) is 9.36 Å². The van der Waals surface area contributed by atoms with Gasteiger partial charge in [0.2, 0.25) is 5.45 Å². The number of rotatable bonds is 10. The van der Waals surface area contributed by atoms with Crippen molar-refractivity contribution in [3.05, 3.63) is 28.7 Å². The monoisotopic (exact) mass is 453 g/mol. The van der Waals surface area contributed by atoms with E-state index in [0.29, 0.717) is 5.69 Å². The normalized spacial score (nSPS) is 14.2. The van der Waals surface area contributed by atoms with Gasteiger partial charge in [0.25, 0.3) is 0 Å². The second-order valence-electron chi connectivity index (χ2n) is 4.78. The molecule has 0 amide bonds. The molecule has 1 N–H and O–H groups in total. The molecule has 1 aromatic rings. The third-order valence-electron chi connectivity index (χ3n) is 3.02. The molecule has 0 aromatic heterocycles. The van der Waals surface area contributed by atoms with Crippen molar-refractivity contribution in [3.8, 4) is 0 Å². The predicted octanol–water partition coefficient (Wildman–Crippen LogP) is 4.14. The summed E-state index contributed by atoms with van der Waals surface area (Å²) >= 11 is 9.08. The first-order valence-corrected chi connectivity index (χ1v) is 10.6. The lowest BCUT2D eigenvalue weighted by Crippen LogP contribution is -2.30. The summed E-state index contributed by atoms with van der Waals surface area (Å²) in [5.41, 5.74) is 3.03. The molecule has 0 saturated carbocycles. The second-order valence-corrected chi connectivity index (χ2v) is 8.48. The van der Waals surface area contributed by atoms with Crippen LogP contribution in [0.15, 0.2) is 33.8 Å². The molecule has 1 rings (SSSR count). The summed E-state index contributed by atoms with van der Waals surface area (Å²) < 4.78 is 26.1. The molecule has 0 fully saturated rings. The van der Waals surface area contributed by atoms with Crippen LogP contribution in [0.3, 0.4) is 0 Å². The molecule has 0 radical (unpaired) electrons. The van der Waals surface area contributed by atoms with Gasteiger partial charge in [0.15, 0.2) is 0 Å². The van der Waals surface area contributed by atoms with E-state index >= 15 is 0 Å². The van der Waals surface area contributed by atoms with Crippen LogP contribution in [0, 0.1) is 0 Å². The van der Waals surface area contributed by atoms with Crippen LogP contribution in [0.1, 0.15) is 13.8 Å². The van der Waals surface area contributed by atoms with Gasteiger partial charge in [-0.3, -0.25) is 9.99 Å². The van der Waals surface area contributed by atoms with Gasteiger partial charge in [-0.05, 0) is 45.2 Å². The van der Waals surface area contributed by atoms with E-state index in [1.54, 1.807) is 33.0 Å². The van der Waals surface area contributed by atoms with Crippen LogP contribution in [-0.2, 0) is 18.6 Å². The van der Waals surface area contributed by atoms with Crippen LogP contribution < -0.4 is 5.43 Å². The summed E-state index contributed by atoms with van der Waals surface area (Å²) in [5.74, 6) is -0.575. The van der Waals surface area contributed by atoms with Gasteiger partial charge in [-0.1, -0.05) is 15.9 Å². The van der Waals surface area contributed by atoms with Gasteiger partial charge < -0.3 is 9.26 Å². The maximum Gasteiger partial charge on any atom is 0.366 e. The zero-order chi connectivity index (χ0) is 18.9. The number of hydrazone groups is 1. The summed E-state index contributed by atoms with van der Waals surface area (Å²) in [4.78, 5) is 12.3. The Hall–Kier alpha value is -0.920. The van der Waals surface area contributed by atoms with E-state index in [0.717, 1.165) is 4.47 Å². The lowest BCUT2D eigenvalue weighted by molar-refractivity contribution is -0.134. The number of hydrogen-bond donors (Lipinski definition) is 1. The average Bonchev–Trinajstić information content (AvgIpc) is 2.57. The Morgan fingerprint density at radius 2 is 1.96 bits per heavy atom. The van der Waals surface area contributed by atoms with Crippen LogP contribution in [0.2, 0.25) is 0 Å². The van der Waals surface area contributed by atoms with Crippen LogP contribution in [0.4, 0.5) is 5.69 Å². The van der Waals surface area contributed by atoms with Crippen LogP contribution in [0.25, 0.3) is 0 Å². The zero-order valence-electron chi connectivity index (χ0n) is 14.4. The molecule has 0 heterocycles. The average molecular weight is 455 g/mol. The van der Waals surface area contributed by atoms with Gasteiger partial charge in [0.05, 0.1) is 18.9 Å². The van der Waals surface area contributed by atoms with E-state index in [4.69, 9.17) is 20.9 Å². The number of esters is 1. The first-order valence-electron chi connectivity index (χ1n) is 7.68. The maximum atomic E-state index is 13.4. The molecule has 0 aliphatic heterocycles. The Morgan fingerprint density at radius 3 is 2.48 bits per heavy atom. The van der Waals surface area contributed by atoms with E-state index in [1.165, 1.54) is 4.67 Å². The number of alkyl halides is 1. The van der Waals surface area contributed by atoms with Crippen LogP contribution >= 0.6 is 35.1 Å². The fourth-order valence-corrected chi connectivity index (χ4v) is 4.28. The lowest BCUT2D eigenvalue weighted by atomic mass is 10.3. The number of hydrogen-bond acceptors (Lipinski definition) is 6. The highest BCUT2D eigenvalue weighted by molar-refractivity contribution is 9.10. The van der Waals surface area contributed by atoms with Crippen LogP contribution in [-0.4, -0.2) is 48.8 Å². The molecule has 140 valence electrons. The quantitative estimate of drug-likeness (QED) is 0.188. The Balaban J connectivity index is 3.23. The number of nitrogens with zero attached hydrogens (tertiary/aromatic N) is 2. The third kappa shape index (κ3) is 6.38. The lowest BCUT2D eigenvalue weighted by Gasteiger charge is -2.26. The molecule has 1 aromatic carbocycles. The fourth-order valence-electron chi connectivity index (χ4n) is 1.81. The molecule has 0 spiro atoms. The number of carbonyl (C=O) groups excluding carboxylic acids is 1. The molecule has 1 atom stereocenters. The van der Waals surface area contributed by atoms with Crippen molar-refractivity contribution in [2.75, 3.05) is 38.1 Å². The number of benzene rings is 1. The van der Waals surface area contributed by atoms with Gasteiger partial charge in [0.1, 0.15) is 0 Å². The minimum atomic E-state index is -3.72. The van der Waals surface area contributed by atoms with Crippen LogP contribution in [0.5, 0.6) is 0 Å². The van der Waals surface area contributed by atoms with E-state index in [-0.39, 0.29) is 31.1 Å². The van der Waals surface area contributed by atoms with Crippen molar-refractivity contribution in [2.45, 2.75) is 13.8 Å². The Kier molecular flexibility index (Phi) is 9.67. The van der Waals surface area contributed by atoms with Gasteiger partial charge in [-0.25, -0.2) is 9.46 Å². The SMILES string of the molecule is CCOC(=O)C(=NNc1ccc(Br)cc1)P(=O)(OCC)N(C)CCCl. The predicted molar refractivity (Wildman–Crippen MR) is 104 cm³/mol. The molecule has 1 unspecified atom stereocenters. The fraction of sp³-hybridized carbons (Fsp3) is 0.467. The minimum absolute atomic E-state index is 0.126. The third-order valence-corrected chi connectivity index (χ3v) is 6.25. The van der Waals surface area contributed by atoms with Gasteiger partial charge in [-0.2, -0.15) is 5.10 Å². The Morgan fingerprint density at radius 1 is 1.32 bits per heavy atom. The van der Waals surface area contributed by atoms with Crippen molar-refractivity contribution in [1.82, 2.24) is 4.67 Å². The maximum absolute atomic E-state index is 13.4. The Bertz CT molecular complexity index is 642. The summed E-state index contributed by atoms with van der Waals surface area (Å²) in [5, 5.41) is 4.04. The molecular formula is C15H22BrClN3O4P. The smallest absolute Gasteiger partial charge is 0.366 e. The number of ether oxygens (including phenoxy) is 1. The summed E-state index contributed by atoms with van der Waals surface area (Å²) in [6.07, 6.45) is 0. The Labute approximate surface area is 161 Å². The van der Waals surface area contributed by atoms with E-state index in [1.807, 2.05) is 12.1 Å². The summed E-state index contributed by atoms with van der Waals surface area (Å²) in [6, 6.07) is 7.13. The van der Waals surface area contributed by atoms with Gasteiger partial charge >= 0.3 is 13.5 Å². The number of carbonyl (C=O) groups is 1. The number of halogens is 2. The highest BCUT2D eigenvalue weighted by atomic mass is 79.9. The topological polar surface area (TPSA) is 80.2 Å². The number of nitrogens with one attached hydrogen (secondary N) is 1. The van der Waals surface area contributed by atoms with Crippen molar-refractivity contribution < 1.29 is 18.6 Å². The largest absolute Gasteiger partial charge is 0.461 e. The molecule has 0 aliphatic carbocycles. The standard InChI is InChI=1S/C15H22BrClN3O4P/c1-4-23-15(21)14(19-18-13-8-6-12(16)7-9-13)25(22,24-5-2)20(3)11-10-17/h6-9,18H,4-5,10-11H2,1-3H3. The molecule has 10 heteroatoms. The van der Waals surface area contributed by atoms with Crippen molar-refractivity contribution >= 4 is 52.2 Å². The molecule has 7 nitrogen and oxygen atoms in total. The molecule has 0 aliphatic rings. The first-order chi connectivity index (χ1) is 11.9. The molecule has 0 bridgehead atoms. The van der Waals surface area contributed by atoms with Crippen molar-refractivity contribution in [3.63, 3.8) is 0 Å². The number of anilines is 1.